The monoisotopic (exact) mass is 249 g/mol. The van der Waals surface area contributed by atoms with Crippen molar-refractivity contribution >= 4 is 16.3 Å². The molecule has 0 saturated heterocycles. The Morgan fingerprint density at radius 1 is 1.44 bits per heavy atom. The first kappa shape index (κ1) is 14.7. The van der Waals surface area contributed by atoms with Crippen molar-refractivity contribution in [2.75, 3.05) is 0 Å². The van der Waals surface area contributed by atoms with Crippen LogP contribution >= 0.6 is 0 Å². The van der Waals surface area contributed by atoms with Crippen LogP contribution in [-0.4, -0.2) is 26.2 Å². The molecule has 2 N–H and O–H groups in total. The lowest BCUT2D eigenvalue weighted by atomic mass is 10.1. The number of ether oxygens (including phenoxy) is 1. The van der Waals surface area contributed by atoms with Crippen LogP contribution < -0.4 is 9.44 Å². The predicted molar refractivity (Wildman–Crippen MR) is 56.5 cm³/mol. The molecule has 0 spiro atoms. The molecule has 0 aromatic rings. The van der Waals surface area contributed by atoms with Gasteiger partial charge >= 0.3 is 16.3 Å². The molecule has 0 bridgehead atoms. The number of nitrogens with one attached hydrogen (secondary N) is 2. The summed E-state index contributed by atoms with van der Waals surface area (Å²) in [5.41, 5.74) is -1.30. The number of amides is 1. The van der Waals surface area contributed by atoms with Crippen molar-refractivity contribution < 1.29 is 17.9 Å². The van der Waals surface area contributed by atoms with Crippen molar-refractivity contribution in [3.8, 4) is 6.07 Å². The number of carbonyl (C=O) groups is 1. The molecule has 7 nitrogen and oxygen atoms in total. The van der Waals surface area contributed by atoms with E-state index < -0.39 is 27.9 Å². The number of rotatable bonds is 4. The minimum Gasteiger partial charge on any atom is -0.446 e. The Balaban J connectivity index is 4.50. The van der Waals surface area contributed by atoms with Crippen LogP contribution in [0.1, 0.15) is 27.7 Å². The van der Waals surface area contributed by atoms with Gasteiger partial charge in [-0.05, 0) is 27.7 Å². The Hall–Kier alpha value is -1.33. The maximum atomic E-state index is 11.3. The zero-order valence-corrected chi connectivity index (χ0v) is 10.4. The molecular formula is C8H15N3O4S. The lowest BCUT2D eigenvalue weighted by molar-refractivity contribution is 0.121. The number of carbonyl (C=O) groups excluding carboxylic acids is 1. The molecule has 8 heteroatoms. The van der Waals surface area contributed by atoms with E-state index in [1.807, 2.05) is 4.72 Å². The van der Waals surface area contributed by atoms with Crippen molar-refractivity contribution in [2.45, 2.75) is 39.3 Å². The van der Waals surface area contributed by atoms with Gasteiger partial charge in [0.15, 0.2) is 0 Å². The molecule has 0 heterocycles. The van der Waals surface area contributed by atoms with Crippen LogP contribution in [0.15, 0.2) is 0 Å². The Morgan fingerprint density at radius 3 is 2.31 bits per heavy atom. The van der Waals surface area contributed by atoms with Crippen LogP contribution in [0.25, 0.3) is 0 Å². The molecule has 16 heavy (non-hydrogen) atoms. The van der Waals surface area contributed by atoms with Crippen LogP contribution in [0.4, 0.5) is 4.79 Å². The average Bonchev–Trinajstić information content (AvgIpc) is 1.98. The third kappa shape index (κ3) is 6.21. The van der Waals surface area contributed by atoms with E-state index in [1.165, 1.54) is 13.8 Å². The second kappa shape index (κ2) is 5.14. The van der Waals surface area contributed by atoms with Crippen LogP contribution in [0.2, 0.25) is 0 Å². The highest BCUT2D eigenvalue weighted by Crippen LogP contribution is 2.01. The van der Waals surface area contributed by atoms with Gasteiger partial charge in [0.2, 0.25) is 0 Å². The summed E-state index contributed by atoms with van der Waals surface area (Å²) in [6, 6.07) is 1.73. The molecule has 0 aromatic heterocycles. The average molecular weight is 249 g/mol. The van der Waals surface area contributed by atoms with E-state index in [0.29, 0.717) is 0 Å². The standard InChI is InChI=1S/C8H15N3O4S/c1-6(2)15-7(12)10-16(13,14)11-8(3,4)5-9/h6,11H,1-4H3,(H,10,12). The van der Waals surface area contributed by atoms with Gasteiger partial charge in [0.1, 0.15) is 5.54 Å². The van der Waals surface area contributed by atoms with Crippen LogP contribution in [0.3, 0.4) is 0 Å². The van der Waals surface area contributed by atoms with Crippen LogP contribution in [0, 0.1) is 11.3 Å². The summed E-state index contributed by atoms with van der Waals surface area (Å²) < 4.78 is 30.8. The Labute approximate surface area is 95.0 Å². The normalized spacial score (nSPS) is 12.0. The van der Waals surface area contributed by atoms with Crippen LogP contribution in [-0.2, 0) is 14.9 Å². The number of nitrogens with zero attached hydrogens (tertiary/aromatic N) is 1. The first-order chi connectivity index (χ1) is 7.08. The number of nitriles is 1. The molecular weight excluding hydrogens is 234 g/mol. The predicted octanol–water partition coefficient (Wildman–Crippen LogP) is 0.258. The SMILES string of the molecule is CC(C)OC(=O)NS(=O)(=O)NC(C)(C)C#N. The van der Waals surface area contributed by atoms with Gasteiger partial charge in [-0.25, -0.2) is 9.52 Å². The summed E-state index contributed by atoms with van der Waals surface area (Å²) in [6.07, 6.45) is -1.52. The summed E-state index contributed by atoms with van der Waals surface area (Å²) in [4.78, 5) is 11.0. The fourth-order valence-corrected chi connectivity index (χ4v) is 1.77. The van der Waals surface area contributed by atoms with Crippen molar-refractivity contribution in [3.05, 3.63) is 0 Å². The first-order valence-corrected chi connectivity index (χ1v) is 6.00. The molecule has 0 aliphatic carbocycles. The summed E-state index contributed by atoms with van der Waals surface area (Å²) in [5, 5.41) is 8.62. The molecule has 0 aliphatic rings. The molecule has 0 aromatic carbocycles. The molecule has 92 valence electrons. The largest absolute Gasteiger partial charge is 0.446 e. The van der Waals surface area contributed by atoms with Gasteiger partial charge in [-0.2, -0.15) is 18.4 Å². The zero-order valence-electron chi connectivity index (χ0n) is 9.57. The van der Waals surface area contributed by atoms with Gasteiger partial charge in [0, 0.05) is 0 Å². The minimum atomic E-state index is -4.09. The smallest absolute Gasteiger partial charge is 0.422 e. The molecule has 1 amide bonds. The molecule has 0 radical (unpaired) electrons. The van der Waals surface area contributed by atoms with Gasteiger partial charge in [0.05, 0.1) is 12.2 Å². The number of hydrogen-bond donors (Lipinski definition) is 2. The summed E-state index contributed by atoms with van der Waals surface area (Å²) in [7, 11) is -4.09. The minimum absolute atomic E-state index is 0.431. The van der Waals surface area contributed by atoms with Crippen molar-refractivity contribution in [3.63, 3.8) is 0 Å². The Bertz CT molecular complexity index is 394. The molecule has 0 unspecified atom stereocenters. The fourth-order valence-electron chi connectivity index (χ4n) is 0.732. The van der Waals surface area contributed by atoms with E-state index in [-0.39, 0.29) is 0 Å². The van der Waals surface area contributed by atoms with Gasteiger partial charge in [0.25, 0.3) is 0 Å². The van der Waals surface area contributed by atoms with E-state index >= 15 is 0 Å². The molecule has 0 fully saturated rings. The summed E-state index contributed by atoms with van der Waals surface area (Å²) in [6.45, 7) is 5.89. The zero-order chi connectivity index (χ0) is 13.0. The maximum Gasteiger partial charge on any atom is 0.422 e. The van der Waals surface area contributed by atoms with E-state index in [0.717, 1.165) is 0 Å². The van der Waals surface area contributed by atoms with Gasteiger partial charge < -0.3 is 4.74 Å². The lowest BCUT2D eigenvalue weighted by Crippen LogP contribution is -2.49. The Kier molecular flexibility index (Phi) is 4.71. The van der Waals surface area contributed by atoms with E-state index in [4.69, 9.17) is 5.26 Å². The Morgan fingerprint density at radius 2 is 1.94 bits per heavy atom. The van der Waals surface area contributed by atoms with Gasteiger partial charge in [-0.1, -0.05) is 0 Å². The fraction of sp³-hybridized carbons (Fsp3) is 0.750. The first-order valence-electron chi connectivity index (χ1n) is 4.51. The van der Waals surface area contributed by atoms with Crippen molar-refractivity contribution in [1.29, 1.82) is 5.26 Å². The van der Waals surface area contributed by atoms with Crippen molar-refractivity contribution in [1.82, 2.24) is 9.44 Å². The topological polar surface area (TPSA) is 108 Å². The van der Waals surface area contributed by atoms with E-state index in [2.05, 4.69) is 4.74 Å². The lowest BCUT2D eigenvalue weighted by Gasteiger charge is -2.17. The summed E-state index contributed by atoms with van der Waals surface area (Å²) >= 11 is 0. The molecule has 0 saturated carbocycles. The molecule has 0 atom stereocenters. The van der Waals surface area contributed by atoms with Gasteiger partial charge in [-0.15, -0.1) is 0 Å². The summed E-state index contributed by atoms with van der Waals surface area (Å²) in [5.74, 6) is 0. The molecule has 0 rings (SSSR count). The maximum absolute atomic E-state index is 11.3. The third-order valence-corrected chi connectivity index (χ3v) is 2.44. The molecule has 0 aliphatic heterocycles. The van der Waals surface area contributed by atoms with E-state index in [9.17, 15) is 13.2 Å². The second-order valence-corrected chi connectivity index (χ2v) is 5.31. The number of hydrogen-bond acceptors (Lipinski definition) is 5. The van der Waals surface area contributed by atoms with E-state index in [1.54, 1.807) is 24.6 Å². The third-order valence-electron chi connectivity index (χ3n) is 1.23. The highest BCUT2D eigenvalue weighted by molar-refractivity contribution is 7.88. The van der Waals surface area contributed by atoms with Gasteiger partial charge in [-0.3, -0.25) is 0 Å². The highest BCUT2D eigenvalue weighted by atomic mass is 32.2. The van der Waals surface area contributed by atoms with Crippen molar-refractivity contribution in [2.24, 2.45) is 0 Å². The van der Waals surface area contributed by atoms with Crippen LogP contribution in [0.5, 0.6) is 0 Å². The quantitative estimate of drug-likeness (QED) is 0.742. The second-order valence-electron chi connectivity index (χ2n) is 3.90. The highest BCUT2D eigenvalue weighted by Gasteiger charge is 2.26.